The first-order valence-electron chi connectivity index (χ1n) is 7.63. The van der Waals surface area contributed by atoms with Gasteiger partial charge in [-0.2, -0.15) is 0 Å². The molecular formula is C18H20N4O2. The summed E-state index contributed by atoms with van der Waals surface area (Å²) in [5, 5.41) is 2.84. The van der Waals surface area contributed by atoms with Crippen molar-refractivity contribution < 1.29 is 9.59 Å². The third-order valence-electron chi connectivity index (χ3n) is 3.32. The first-order chi connectivity index (χ1) is 11.6. The minimum Gasteiger partial charge on any atom is -0.322 e. The zero-order valence-electron chi connectivity index (χ0n) is 13.7. The Morgan fingerprint density at radius 3 is 2.50 bits per heavy atom. The molecule has 0 spiro atoms. The predicted molar refractivity (Wildman–Crippen MR) is 93.0 cm³/mol. The Morgan fingerprint density at radius 2 is 1.79 bits per heavy atom. The molecule has 0 aliphatic carbocycles. The average Bonchev–Trinajstić information content (AvgIpc) is 2.60. The number of hydrogen-bond acceptors (Lipinski definition) is 4. The van der Waals surface area contributed by atoms with E-state index in [0.717, 1.165) is 17.7 Å². The van der Waals surface area contributed by atoms with E-state index in [1.807, 2.05) is 31.2 Å². The standard InChI is InChI=1S/C18H20N4O2/c1-3-14-6-4-5-7-16(14)20-17(23)12-13(2)21-22-18(24)15-8-10-19-11-9-15/h4-12,21H,3H2,1-2H3,(H,20,23)(H,22,24). The van der Waals surface area contributed by atoms with E-state index in [9.17, 15) is 9.59 Å². The van der Waals surface area contributed by atoms with Crippen molar-refractivity contribution in [2.45, 2.75) is 20.3 Å². The summed E-state index contributed by atoms with van der Waals surface area (Å²) in [6.45, 7) is 3.72. The zero-order chi connectivity index (χ0) is 17.4. The fraction of sp³-hybridized carbons (Fsp3) is 0.167. The molecule has 3 N–H and O–H groups in total. The van der Waals surface area contributed by atoms with Gasteiger partial charge >= 0.3 is 0 Å². The van der Waals surface area contributed by atoms with E-state index in [-0.39, 0.29) is 11.8 Å². The van der Waals surface area contributed by atoms with Gasteiger partial charge in [-0.15, -0.1) is 0 Å². The lowest BCUT2D eigenvalue weighted by Gasteiger charge is -2.10. The number of nitrogens with zero attached hydrogens (tertiary/aromatic N) is 1. The lowest BCUT2D eigenvalue weighted by molar-refractivity contribution is -0.112. The number of carbonyl (C=O) groups excluding carboxylic acids is 2. The topological polar surface area (TPSA) is 83.1 Å². The highest BCUT2D eigenvalue weighted by Gasteiger charge is 2.06. The molecule has 0 bridgehead atoms. The smallest absolute Gasteiger partial charge is 0.269 e. The van der Waals surface area contributed by atoms with Crippen molar-refractivity contribution in [3.8, 4) is 0 Å². The largest absolute Gasteiger partial charge is 0.322 e. The number of benzene rings is 1. The van der Waals surface area contributed by atoms with Crippen LogP contribution in [0.1, 0.15) is 29.8 Å². The lowest BCUT2D eigenvalue weighted by atomic mass is 10.1. The maximum atomic E-state index is 12.1. The first kappa shape index (κ1) is 17.2. The Morgan fingerprint density at radius 1 is 1.08 bits per heavy atom. The van der Waals surface area contributed by atoms with Crippen LogP contribution in [0.5, 0.6) is 0 Å². The number of rotatable bonds is 6. The van der Waals surface area contributed by atoms with Gasteiger partial charge in [0.2, 0.25) is 5.91 Å². The van der Waals surface area contributed by atoms with Crippen LogP contribution in [0, 0.1) is 0 Å². The van der Waals surface area contributed by atoms with Crippen LogP contribution >= 0.6 is 0 Å². The molecule has 0 fully saturated rings. The van der Waals surface area contributed by atoms with Crippen molar-refractivity contribution in [2.75, 3.05) is 5.32 Å². The monoisotopic (exact) mass is 324 g/mol. The van der Waals surface area contributed by atoms with Crippen molar-refractivity contribution in [3.63, 3.8) is 0 Å². The molecule has 6 nitrogen and oxygen atoms in total. The maximum absolute atomic E-state index is 12.1. The van der Waals surface area contributed by atoms with Crippen molar-refractivity contribution >= 4 is 17.5 Å². The van der Waals surface area contributed by atoms with Crippen LogP contribution in [0.3, 0.4) is 0 Å². The molecular weight excluding hydrogens is 304 g/mol. The highest BCUT2D eigenvalue weighted by atomic mass is 16.2. The highest BCUT2D eigenvalue weighted by molar-refractivity contribution is 6.00. The Bertz CT molecular complexity index is 742. The molecule has 0 saturated carbocycles. The Hall–Kier alpha value is -3.15. The molecule has 24 heavy (non-hydrogen) atoms. The number of aryl methyl sites for hydroxylation is 1. The molecule has 0 aliphatic rings. The van der Waals surface area contributed by atoms with E-state index >= 15 is 0 Å². The molecule has 2 rings (SSSR count). The maximum Gasteiger partial charge on any atom is 0.269 e. The van der Waals surface area contributed by atoms with Gasteiger partial charge in [-0.25, -0.2) is 0 Å². The van der Waals surface area contributed by atoms with Crippen LogP contribution in [0.2, 0.25) is 0 Å². The van der Waals surface area contributed by atoms with Gasteiger partial charge in [-0.1, -0.05) is 25.1 Å². The number of carbonyl (C=O) groups is 2. The first-order valence-corrected chi connectivity index (χ1v) is 7.63. The number of anilines is 1. The third-order valence-corrected chi connectivity index (χ3v) is 3.32. The van der Waals surface area contributed by atoms with Crippen molar-refractivity contribution in [3.05, 3.63) is 71.7 Å². The fourth-order valence-electron chi connectivity index (χ4n) is 2.08. The van der Waals surface area contributed by atoms with E-state index in [1.165, 1.54) is 18.5 Å². The van der Waals surface area contributed by atoms with Gasteiger partial charge in [0.1, 0.15) is 0 Å². The molecule has 0 atom stereocenters. The molecule has 6 heteroatoms. The summed E-state index contributed by atoms with van der Waals surface area (Å²) in [7, 11) is 0. The summed E-state index contributed by atoms with van der Waals surface area (Å²) in [6.07, 6.45) is 5.30. The number of para-hydroxylation sites is 1. The normalized spacial score (nSPS) is 10.8. The van der Waals surface area contributed by atoms with Gasteiger partial charge in [0, 0.05) is 35.4 Å². The number of hydrazine groups is 1. The quantitative estimate of drug-likeness (QED) is 0.563. The Kier molecular flexibility index (Phi) is 6.08. The molecule has 2 amide bonds. The van der Waals surface area contributed by atoms with Crippen LogP contribution in [0.25, 0.3) is 0 Å². The molecule has 0 saturated heterocycles. The second-order valence-electron chi connectivity index (χ2n) is 5.14. The molecule has 1 aromatic heterocycles. The molecule has 0 unspecified atom stereocenters. The van der Waals surface area contributed by atoms with Crippen LogP contribution in [0.15, 0.2) is 60.6 Å². The van der Waals surface area contributed by atoms with Crippen molar-refractivity contribution in [1.29, 1.82) is 0 Å². The van der Waals surface area contributed by atoms with Gasteiger partial charge in [0.25, 0.3) is 5.91 Å². The summed E-state index contributed by atoms with van der Waals surface area (Å²) in [4.78, 5) is 27.8. The van der Waals surface area contributed by atoms with Gasteiger partial charge in [0.05, 0.1) is 0 Å². The van der Waals surface area contributed by atoms with E-state index in [2.05, 4.69) is 21.2 Å². The van der Waals surface area contributed by atoms with Gasteiger partial charge < -0.3 is 10.7 Å². The predicted octanol–water partition coefficient (Wildman–Crippen LogP) is 2.42. The number of aromatic nitrogens is 1. The molecule has 2 aromatic rings. The number of hydrogen-bond donors (Lipinski definition) is 3. The van der Waals surface area contributed by atoms with E-state index in [1.54, 1.807) is 19.1 Å². The zero-order valence-corrected chi connectivity index (χ0v) is 13.7. The molecule has 1 aromatic carbocycles. The van der Waals surface area contributed by atoms with Crippen molar-refractivity contribution in [2.24, 2.45) is 0 Å². The van der Waals surface area contributed by atoms with Gasteiger partial charge in [0.15, 0.2) is 0 Å². The fourth-order valence-corrected chi connectivity index (χ4v) is 2.08. The summed E-state index contributed by atoms with van der Waals surface area (Å²) >= 11 is 0. The molecule has 1 heterocycles. The SMILES string of the molecule is CCc1ccccc1NC(=O)C=C(C)NNC(=O)c1ccncc1. The lowest BCUT2D eigenvalue weighted by Crippen LogP contribution is -2.36. The minimum atomic E-state index is -0.304. The number of amides is 2. The Labute approximate surface area is 141 Å². The van der Waals surface area contributed by atoms with Crippen LogP contribution in [0.4, 0.5) is 5.69 Å². The average molecular weight is 324 g/mol. The number of allylic oxidation sites excluding steroid dienone is 1. The molecule has 0 radical (unpaired) electrons. The van der Waals surface area contributed by atoms with Gasteiger partial charge in [-0.3, -0.25) is 20.0 Å². The summed E-state index contributed by atoms with van der Waals surface area (Å²) in [5.41, 5.74) is 8.08. The summed E-state index contributed by atoms with van der Waals surface area (Å²) in [5.74, 6) is -0.569. The van der Waals surface area contributed by atoms with E-state index in [0.29, 0.717) is 11.3 Å². The number of pyridine rings is 1. The van der Waals surface area contributed by atoms with Crippen LogP contribution in [-0.4, -0.2) is 16.8 Å². The minimum absolute atomic E-state index is 0.265. The molecule has 124 valence electrons. The number of nitrogens with one attached hydrogen (secondary N) is 3. The Balaban J connectivity index is 1.90. The summed E-state index contributed by atoms with van der Waals surface area (Å²) < 4.78 is 0. The van der Waals surface area contributed by atoms with Gasteiger partial charge in [-0.05, 0) is 37.1 Å². The van der Waals surface area contributed by atoms with Crippen LogP contribution in [-0.2, 0) is 11.2 Å². The third kappa shape index (κ3) is 4.95. The summed E-state index contributed by atoms with van der Waals surface area (Å²) in [6, 6.07) is 10.8. The van der Waals surface area contributed by atoms with E-state index < -0.39 is 0 Å². The second kappa shape index (κ2) is 8.47. The van der Waals surface area contributed by atoms with E-state index in [4.69, 9.17) is 0 Å². The van der Waals surface area contributed by atoms with Crippen molar-refractivity contribution in [1.82, 2.24) is 15.8 Å². The molecule has 0 aliphatic heterocycles. The highest BCUT2D eigenvalue weighted by Crippen LogP contribution is 2.15. The second-order valence-corrected chi connectivity index (χ2v) is 5.14. The van der Waals surface area contributed by atoms with Crippen LogP contribution < -0.4 is 16.2 Å².